The van der Waals surface area contributed by atoms with Crippen LogP contribution >= 0.6 is 0 Å². The number of anilines is 2. The molecular weight excluding hydrogens is 384 g/mol. The fourth-order valence-electron chi connectivity index (χ4n) is 2.79. The van der Waals surface area contributed by atoms with E-state index in [2.05, 4.69) is 10.6 Å². The third-order valence-electron chi connectivity index (χ3n) is 4.38. The maximum atomic E-state index is 12.5. The first-order valence-electron chi connectivity index (χ1n) is 9.13. The molecule has 7 heteroatoms. The first-order valence-corrected chi connectivity index (χ1v) is 9.13. The molecule has 0 aliphatic heterocycles. The molecule has 3 aromatic carbocycles. The molecule has 0 aliphatic rings. The van der Waals surface area contributed by atoms with E-state index in [1.54, 1.807) is 73.8 Å². The van der Waals surface area contributed by atoms with Crippen LogP contribution in [0.3, 0.4) is 0 Å². The van der Waals surface area contributed by atoms with Crippen LogP contribution in [0.25, 0.3) is 0 Å². The van der Waals surface area contributed by atoms with Crippen molar-refractivity contribution in [3.05, 3.63) is 77.9 Å². The fourth-order valence-corrected chi connectivity index (χ4v) is 2.79. The quantitative estimate of drug-likeness (QED) is 0.614. The van der Waals surface area contributed by atoms with Gasteiger partial charge in [-0.1, -0.05) is 6.07 Å². The number of ether oxygens (including phenoxy) is 3. The lowest BCUT2D eigenvalue weighted by Gasteiger charge is -2.11. The zero-order valence-electron chi connectivity index (χ0n) is 16.9. The summed E-state index contributed by atoms with van der Waals surface area (Å²) in [6.07, 6.45) is 0. The monoisotopic (exact) mass is 406 g/mol. The van der Waals surface area contributed by atoms with Crippen molar-refractivity contribution < 1.29 is 23.8 Å². The van der Waals surface area contributed by atoms with Gasteiger partial charge in [-0.2, -0.15) is 0 Å². The topological polar surface area (TPSA) is 85.9 Å². The van der Waals surface area contributed by atoms with Crippen LogP contribution in [0.15, 0.2) is 66.7 Å². The van der Waals surface area contributed by atoms with E-state index in [1.807, 2.05) is 0 Å². The van der Waals surface area contributed by atoms with Crippen molar-refractivity contribution in [1.29, 1.82) is 0 Å². The summed E-state index contributed by atoms with van der Waals surface area (Å²) in [5, 5.41) is 5.62. The average molecular weight is 406 g/mol. The van der Waals surface area contributed by atoms with E-state index in [1.165, 1.54) is 14.2 Å². The summed E-state index contributed by atoms with van der Waals surface area (Å²) in [4.78, 5) is 24.9. The number of hydrogen-bond acceptors (Lipinski definition) is 5. The molecule has 3 aromatic rings. The summed E-state index contributed by atoms with van der Waals surface area (Å²) in [5.41, 5.74) is 2.12. The molecule has 2 amide bonds. The molecule has 30 heavy (non-hydrogen) atoms. The SMILES string of the molecule is COc1cccc(C(=O)Nc2ccc(NC(=O)c3ccc(OC)c(OC)c3)cc2)c1. The first-order chi connectivity index (χ1) is 14.5. The summed E-state index contributed by atoms with van der Waals surface area (Å²) in [5.74, 6) is 1.09. The molecule has 0 heterocycles. The molecule has 0 saturated heterocycles. The van der Waals surface area contributed by atoms with E-state index >= 15 is 0 Å². The lowest BCUT2D eigenvalue weighted by atomic mass is 10.1. The zero-order valence-corrected chi connectivity index (χ0v) is 16.9. The normalized spacial score (nSPS) is 10.1. The number of hydrogen-bond donors (Lipinski definition) is 2. The molecule has 2 N–H and O–H groups in total. The van der Waals surface area contributed by atoms with Crippen molar-refractivity contribution in [2.24, 2.45) is 0 Å². The lowest BCUT2D eigenvalue weighted by Crippen LogP contribution is -2.13. The molecule has 3 rings (SSSR count). The summed E-state index contributed by atoms with van der Waals surface area (Å²) in [6.45, 7) is 0. The van der Waals surface area contributed by atoms with Crippen LogP contribution < -0.4 is 24.8 Å². The van der Waals surface area contributed by atoms with Crippen LogP contribution in [0.2, 0.25) is 0 Å². The number of rotatable bonds is 7. The molecule has 0 radical (unpaired) electrons. The third-order valence-corrected chi connectivity index (χ3v) is 4.38. The lowest BCUT2D eigenvalue weighted by molar-refractivity contribution is 0.101. The molecule has 154 valence electrons. The van der Waals surface area contributed by atoms with E-state index in [0.29, 0.717) is 39.8 Å². The molecule has 0 unspecified atom stereocenters. The Bertz CT molecular complexity index is 1050. The van der Waals surface area contributed by atoms with Gasteiger partial charge in [-0.3, -0.25) is 9.59 Å². The van der Waals surface area contributed by atoms with Gasteiger partial charge >= 0.3 is 0 Å². The van der Waals surface area contributed by atoms with E-state index in [9.17, 15) is 9.59 Å². The van der Waals surface area contributed by atoms with Gasteiger partial charge in [0, 0.05) is 22.5 Å². The van der Waals surface area contributed by atoms with E-state index < -0.39 is 0 Å². The highest BCUT2D eigenvalue weighted by Crippen LogP contribution is 2.28. The van der Waals surface area contributed by atoms with Gasteiger partial charge in [-0.05, 0) is 60.7 Å². The Morgan fingerprint density at radius 2 is 1.20 bits per heavy atom. The molecule has 0 bridgehead atoms. The largest absolute Gasteiger partial charge is 0.497 e. The van der Waals surface area contributed by atoms with E-state index in [4.69, 9.17) is 14.2 Å². The van der Waals surface area contributed by atoms with Crippen molar-refractivity contribution in [2.75, 3.05) is 32.0 Å². The Balaban J connectivity index is 1.65. The molecule has 0 fully saturated rings. The van der Waals surface area contributed by atoms with Gasteiger partial charge in [0.05, 0.1) is 21.3 Å². The summed E-state index contributed by atoms with van der Waals surface area (Å²) >= 11 is 0. The van der Waals surface area contributed by atoms with Crippen LogP contribution in [0, 0.1) is 0 Å². The zero-order chi connectivity index (χ0) is 21.5. The Kier molecular flexibility index (Phi) is 6.54. The standard InChI is InChI=1S/C23H22N2O5/c1-28-19-6-4-5-15(13-19)22(26)24-17-8-10-18(11-9-17)25-23(27)16-7-12-20(29-2)21(14-16)30-3/h4-14H,1-3H3,(H,24,26)(H,25,27). The van der Waals surface area contributed by atoms with Gasteiger partial charge in [0.2, 0.25) is 0 Å². The van der Waals surface area contributed by atoms with Gasteiger partial charge < -0.3 is 24.8 Å². The Morgan fingerprint density at radius 1 is 0.633 bits per heavy atom. The Labute approximate surface area is 174 Å². The second-order valence-electron chi connectivity index (χ2n) is 6.29. The van der Waals surface area contributed by atoms with Crippen molar-refractivity contribution in [2.45, 2.75) is 0 Å². The predicted molar refractivity (Wildman–Crippen MR) is 115 cm³/mol. The average Bonchev–Trinajstić information content (AvgIpc) is 2.79. The van der Waals surface area contributed by atoms with Crippen LogP contribution in [0.4, 0.5) is 11.4 Å². The molecular formula is C23H22N2O5. The smallest absolute Gasteiger partial charge is 0.255 e. The number of carbonyl (C=O) groups excluding carboxylic acids is 2. The number of amides is 2. The van der Waals surface area contributed by atoms with Crippen molar-refractivity contribution >= 4 is 23.2 Å². The number of methoxy groups -OCH3 is 3. The van der Waals surface area contributed by atoms with Gasteiger partial charge in [0.25, 0.3) is 11.8 Å². The third kappa shape index (κ3) is 4.88. The van der Waals surface area contributed by atoms with Gasteiger partial charge in [-0.15, -0.1) is 0 Å². The van der Waals surface area contributed by atoms with Crippen LogP contribution in [-0.4, -0.2) is 33.1 Å². The van der Waals surface area contributed by atoms with Gasteiger partial charge in [0.1, 0.15) is 5.75 Å². The number of nitrogens with one attached hydrogen (secondary N) is 2. The van der Waals surface area contributed by atoms with Crippen molar-refractivity contribution in [3.8, 4) is 17.2 Å². The number of benzene rings is 3. The molecule has 7 nitrogen and oxygen atoms in total. The molecule has 0 atom stereocenters. The summed E-state index contributed by atoms with van der Waals surface area (Å²) in [6, 6.07) is 18.7. The van der Waals surface area contributed by atoms with Crippen LogP contribution in [0.5, 0.6) is 17.2 Å². The van der Waals surface area contributed by atoms with Crippen LogP contribution in [-0.2, 0) is 0 Å². The second kappa shape index (κ2) is 9.47. The Morgan fingerprint density at radius 3 is 1.73 bits per heavy atom. The van der Waals surface area contributed by atoms with Crippen molar-refractivity contribution in [1.82, 2.24) is 0 Å². The van der Waals surface area contributed by atoms with E-state index in [-0.39, 0.29) is 11.8 Å². The summed E-state index contributed by atoms with van der Waals surface area (Å²) in [7, 11) is 4.59. The Hall–Kier alpha value is -4.00. The highest BCUT2D eigenvalue weighted by atomic mass is 16.5. The maximum Gasteiger partial charge on any atom is 0.255 e. The molecule has 0 saturated carbocycles. The van der Waals surface area contributed by atoms with Crippen molar-refractivity contribution in [3.63, 3.8) is 0 Å². The second-order valence-corrected chi connectivity index (χ2v) is 6.29. The van der Waals surface area contributed by atoms with Gasteiger partial charge in [-0.25, -0.2) is 0 Å². The minimum atomic E-state index is -0.288. The minimum Gasteiger partial charge on any atom is -0.497 e. The van der Waals surface area contributed by atoms with E-state index in [0.717, 1.165) is 0 Å². The summed E-state index contributed by atoms with van der Waals surface area (Å²) < 4.78 is 15.5. The molecule has 0 aliphatic carbocycles. The van der Waals surface area contributed by atoms with Gasteiger partial charge in [0.15, 0.2) is 11.5 Å². The number of carbonyl (C=O) groups is 2. The molecule has 0 spiro atoms. The minimum absolute atomic E-state index is 0.254. The first kappa shape index (κ1) is 20.7. The highest BCUT2D eigenvalue weighted by molar-refractivity contribution is 6.06. The highest BCUT2D eigenvalue weighted by Gasteiger charge is 2.12. The molecule has 0 aromatic heterocycles. The maximum absolute atomic E-state index is 12.5. The predicted octanol–water partition coefficient (Wildman–Crippen LogP) is 4.22. The fraction of sp³-hybridized carbons (Fsp3) is 0.130. The van der Waals surface area contributed by atoms with Crippen LogP contribution in [0.1, 0.15) is 20.7 Å².